The molecule has 2 nitrogen and oxygen atoms in total. The summed E-state index contributed by atoms with van der Waals surface area (Å²) in [7, 11) is 0. The average Bonchev–Trinajstić information content (AvgIpc) is 2.15. The van der Waals surface area contributed by atoms with Crippen LogP contribution in [0.5, 0.6) is 5.88 Å². The highest BCUT2D eigenvalue weighted by atomic mass is 19.4. The molecule has 0 radical (unpaired) electrons. The van der Waals surface area contributed by atoms with Gasteiger partial charge in [0.05, 0.1) is 12.2 Å². The van der Waals surface area contributed by atoms with Gasteiger partial charge in [0.25, 0.3) is 0 Å². The van der Waals surface area contributed by atoms with Gasteiger partial charge in [-0.3, -0.25) is 0 Å². The van der Waals surface area contributed by atoms with E-state index in [1.165, 1.54) is 6.92 Å². The van der Waals surface area contributed by atoms with Crippen molar-refractivity contribution in [2.24, 2.45) is 0 Å². The standard InChI is InChI=1S/C9H7F6NO/c1-2-17-7-6(9(13,14)15)3-5(4-16-7)8(10,11)12/h3-4H,2H2,1H3. The Morgan fingerprint density at radius 1 is 1.12 bits per heavy atom. The van der Waals surface area contributed by atoms with Crippen molar-refractivity contribution in [2.75, 3.05) is 6.61 Å². The third-order valence-corrected chi connectivity index (χ3v) is 1.76. The van der Waals surface area contributed by atoms with Gasteiger partial charge in [-0.1, -0.05) is 0 Å². The van der Waals surface area contributed by atoms with Crippen molar-refractivity contribution in [2.45, 2.75) is 19.3 Å². The second-order valence-corrected chi connectivity index (χ2v) is 3.01. The van der Waals surface area contributed by atoms with Crippen LogP contribution in [0, 0.1) is 0 Å². The second kappa shape index (κ2) is 4.42. The van der Waals surface area contributed by atoms with E-state index in [4.69, 9.17) is 0 Å². The first-order valence-electron chi connectivity index (χ1n) is 4.43. The lowest BCUT2D eigenvalue weighted by molar-refractivity contribution is -0.144. The number of hydrogen-bond acceptors (Lipinski definition) is 2. The maximum absolute atomic E-state index is 12.5. The molecule has 0 fully saturated rings. The molecule has 0 aliphatic rings. The first kappa shape index (κ1) is 13.6. The molecule has 0 aromatic carbocycles. The fraction of sp³-hybridized carbons (Fsp3) is 0.444. The molecule has 0 N–H and O–H groups in total. The van der Waals surface area contributed by atoms with Crippen LogP contribution in [-0.2, 0) is 12.4 Å². The first-order valence-corrected chi connectivity index (χ1v) is 4.43. The lowest BCUT2D eigenvalue weighted by Crippen LogP contribution is -2.14. The Balaban J connectivity index is 3.30. The molecule has 17 heavy (non-hydrogen) atoms. The molecule has 0 atom stereocenters. The molecule has 0 saturated heterocycles. The summed E-state index contributed by atoms with van der Waals surface area (Å²) >= 11 is 0. The van der Waals surface area contributed by atoms with Crippen LogP contribution < -0.4 is 4.74 Å². The fourth-order valence-electron chi connectivity index (χ4n) is 1.06. The molecule has 0 bridgehead atoms. The van der Waals surface area contributed by atoms with Crippen molar-refractivity contribution in [3.05, 3.63) is 23.4 Å². The minimum Gasteiger partial charge on any atom is -0.478 e. The van der Waals surface area contributed by atoms with E-state index in [0.29, 0.717) is 6.20 Å². The molecule has 0 aliphatic heterocycles. The minimum absolute atomic E-state index is 0.0159. The van der Waals surface area contributed by atoms with Crippen molar-refractivity contribution in [1.29, 1.82) is 0 Å². The van der Waals surface area contributed by atoms with Gasteiger partial charge in [0, 0.05) is 6.20 Å². The first-order chi connectivity index (χ1) is 7.66. The zero-order valence-electron chi connectivity index (χ0n) is 8.49. The van der Waals surface area contributed by atoms with Crippen molar-refractivity contribution >= 4 is 0 Å². The van der Waals surface area contributed by atoms with Gasteiger partial charge < -0.3 is 4.74 Å². The minimum atomic E-state index is -4.95. The van der Waals surface area contributed by atoms with Crippen LogP contribution in [0.25, 0.3) is 0 Å². The number of rotatable bonds is 2. The summed E-state index contributed by atoms with van der Waals surface area (Å²) in [5, 5.41) is 0. The zero-order valence-corrected chi connectivity index (χ0v) is 8.49. The van der Waals surface area contributed by atoms with E-state index in [-0.39, 0.29) is 12.7 Å². The maximum Gasteiger partial charge on any atom is 0.421 e. The molecule has 0 saturated carbocycles. The zero-order chi connectivity index (χ0) is 13.3. The molecule has 1 aromatic rings. The van der Waals surface area contributed by atoms with Gasteiger partial charge in [0.2, 0.25) is 5.88 Å². The van der Waals surface area contributed by atoms with Gasteiger partial charge in [-0.25, -0.2) is 4.98 Å². The summed E-state index contributed by atoms with van der Waals surface area (Å²) in [4.78, 5) is 3.04. The smallest absolute Gasteiger partial charge is 0.421 e. The summed E-state index contributed by atoms with van der Waals surface area (Å²) in [6, 6.07) is -0.0159. The number of ether oxygens (including phenoxy) is 1. The highest BCUT2D eigenvalue weighted by Gasteiger charge is 2.39. The summed E-state index contributed by atoms with van der Waals surface area (Å²) in [6.45, 7) is 1.28. The number of aromatic nitrogens is 1. The topological polar surface area (TPSA) is 22.1 Å². The molecule has 0 aliphatic carbocycles. The maximum atomic E-state index is 12.5. The molecule has 1 heterocycles. The lowest BCUT2D eigenvalue weighted by atomic mass is 10.2. The van der Waals surface area contributed by atoms with Gasteiger partial charge in [0.15, 0.2) is 0 Å². The van der Waals surface area contributed by atoms with Crippen LogP contribution in [0.3, 0.4) is 0 Å². The van der Waals surface area contributed by atoms with Gasteiger partial charge in [-0.05, 0) is 13.0 Å². The summed E-state index contributed by atoms with van der Waals surface area (Å²) in [5.74, 6) is -0.854. The number of alkyl halides is 6. The van der Waals surface area contributed by atoms with Crippen molar-refractivity contribution in [3.63, 3.8) is 0 Å². The van der Waals surface area contributed by atoms with Crippen LogP contribution in [-0.4, -0.2) is 11.6 Å². The predicted octanol–water partition coefficient (Wildman–Crippen LogP) is 3.52. The Hall–Kier alpha value is -1.47. The molecule has 96 valence electrons. The number of pyridine rings is 1. The Morgan fingerprint density at radius 2 is 1.71 bits per heavy atom. The Labute approximate surface area is 92.2 Å². The van der Waals surface area contributed by atoms with Gasteiger partial charge in [-0.15, -0.1) is 0 Å². The van der Waals surface area contributed by atoms with Gasteiger partial charge in [-0.2, -0.15) is 26.3 Å². The van der Waals surface area contributed by atoms with Crippen LogP contribution >= 0.6 is 0 Å². The molecule has 0 spiro atoms. The molecule has 1 rings (SSSR count). The third-order valence-electron chi connectivity index (χ3n) is 1.76. The van der Waals surface area contributed by atoms with Gasteiger partial charge >= 0.3 is 12.4 Å². The predicted molar refractivity (Wildman–Crippen MR) is 45.4 cm³/mol. The molecule has 0 unspecified atom stereocenters. The number of nitrogens with zero attached hydrogens (tertiary/aromatic N) is 1. The van der Waals surface area contributed by atoms with E-state index in [2.05, 4.69) is 9.72 Å². The molecule has 1 aromatic heterocycles. The SMILES string of the molecule is CCOc1ncc(C(F)(F)F)cc1C(F)(F)F. The average molecular weight is 259 g/mol. The van der Waals surface area contributed by atoms with Crippen LogP contribution in [0.1, 0.15) is 18.1 Å². The Bertz CT molecular complexity index is 397. The molecule has 8 heteroatoms. The summed E-state index contributed by atoms with van der Waals surface area (Å²) < 4.78 is 78.6. The summed E-state index contributed by atoms with van der Waals surface area (Å²) in [6.07, 6.45) is -9.52. The monoisotopic (exact) mass is 259 g/mol. The highest BCUT2D eigenvalue weighted by Crippen LogP contribution is 2.38. The van der Waals surface area contributed by atoms with Crippen LogP contribution in [0.15, 0.2) is 12.3 Å². The largest absolute Gasteiger partial charge is 0.478 e. The number of hydrogen-bond donors (Lipinski definition) is 0. The molecular weight excluding hydrogens is 252 g/mol. The van der Waals surface area contributed by atoms with E-state index >= 15 is 0 Å². The highest BCUT2D eigenvalue weighted by molar-refractivity contribution is 5.33. The van der Waals surface area contributed by atoms with E-state index in [1.54, 1.807) is 0 Å². The van der Waals surface area contributed by atoms with E-state index in [0.717, 1.165) is 0 Å². The van der Waals surface area contributed by atoms with E-state index < -0.39 is 29.4 Å². The lowest BCUT2D eigenvalue weighted by Gasteiger charge is -2.14. The van der Waals surface area contributed by atoms with Crippen molar-refractivity contribution in [1.82, 2.24) is 4.98 Å². The Morgan fingerprint density at radius 3 is 2.12 bits per heavy atom. The third kappa shape index (κ3) is 3.24. The fourth-order valence-corrected chi connectivity index (χ4v) is 1.06. The van der Waals surface area contributed by atoms with Gasteiger partial charge in [0.1, 0.15) is 5.56 Å². The quantitative estimate of drug-likeness (QED) is 0.758. The van der Waals surface area contributed by atoms with Crippen LogP contribution in [0.2, 0.25) is 0 Å². The van der Waals surface area contributed by atoms with Crippen molar-refractivity contribution < 1.29 is 31.1 Å². The van der Waals surface area contributed by atoms with Crippen molar-refractivity contribution in [3.8, 4) is 5.88 Å². The number of halogens is 6. The van der Waals surface area contributed by atoms with E-state index in [9.17, 15) is 26.3 Å². The van der Waals surface area contributed by atoms with E-state index in [1.807, 2.05) is 0 Å². The molecule has 0 amide bonds. The molecular formula is C9H7F6NO. The van der Waals surface area contributed by atoms with Crippen LogP contribution in [0.4, 0.5) is 26.3 Å². The normalized spacial score (nSPS) is 12.6. The second-order valence-electron chi connectivity index (χ2n) is 3.01. The Kier molecular flexibility index (Phi) is 3.53. The summed E-state index contributed by atoms with van der Waals surface area (Å²) in [5.41, 5.74) is -3.00.